The van der Waals surface area contributed by atoms with Gasteiger partial charge in [0, 0.05) is 43.3 Å². The van der Waals surface area contributed by atoms with Crippen molar-refractivity contribution in [1.29, 1.82) is 0 Å². The van der Waals surface area contributed by atoms with Gasteiger partial charge < -0.3 is 29.6 Å². The maximum Gasteiger partial charge on any atom is 0.245 e. The topological polar surface area (TPSA) is 107 Å². The molecule has 1 aromatic heterocycles. The number of ether oxygens (including phenoxy) is 4. The molecule has 1 aliphatic rings. The third-order valence-electron chi connectivity index (χ3n) is 5.64. The molecule has 4 rings (SSSR count). The fraction of sp³-hybridized carbons (Fsp3) is 0.385. The van der Waals surface area contributed by atoms with Crippen LogP contribution in [-0.2, 0) is 20.7 Å². The van der Waals surface area contributed by atoms with E-state index in [1.165, 1.54) is 12.1 Å². The van der Waals surface area contributed by atoms with Crippen LogP contribution in [0, 0.1) is 5.82 Å². The zero-order chi connectivity index (χ0) is 25.3. The monoisotopic (exact) mass is 498 g/mol. The summed E-state index contributed by atoms with van der Waals surface area (Å²) in [5, 5.41) is 13.2. The smallest absolute Gasteiger partial charge is 0.245 e. The molecule has 0 bridgehead atoms. The van der Waals surface area contributed by atoms with E-state index in [0.29, 0.717) is 68.9 Å². The summed E-state index contributed by atoms with van der Waals surface area (Å²) in [6.45, 7) is 4.23. The molecular weight excluding hydrogens is 467 g/mol. The minimum absolute atomic E-state index is 0.0297. The van der Waals surface area contributed by atoms with Crippen LogP contribution in [0.25, 0.3) is 11.3 Å². The van der Waals surface area contributed by atoms with Crippen LogP contribution in [0.5, 0.6) is 11.5 Å². The number of nitrogens with zero attached hydrogens (tertiary/aromatic N) is 1. The molecule has 0 spiro atoms. The molecule has 9 nitrogen and oxygen atoms in total. The lowest BCUT2D eigenvalue weighted by Gasteiger charge is -2.14. The number of hydrogen-bond acceptors (Lipinski definition) is 7. The molecule has 1 heterocycles. The van der Waals surface area contributed by atoms with Crippen molar-refractivity contribution in [1.82, 2.24) is 15.5 Å². The number of fused-ring (bicyclic) bond motifs is 3. The Labute approximate surface area is 209 Å². The van der Waals surface area contributed by atoms with Gasteiger partial charge in [-0.25, -0.2) is 4.39 Å². The number of carbonyl (C=O) groups is 1. The molecule has 2 aromatic carbocycles. The molecule has 0 saturated heterocycles. The predicted octanol–water partition coefficient (Wildman–Crippen LogP) is 3.81. The van der Waals surface area contributed by atoms with Crippen LogP contribution in [-0.4, -0.2) is 62.8 Å². The third-order valence-corrected chi connectivity index (χ3v) is 5.64. The standard InChI is InChI=1S/C26H31FN4O5/c1-3-35-22-13-17-12-21-25(30-31-26(21)29-19-7-4-6-18(27)14-19)20(17)15-23(22)36-9-5-8-33-10-11-34-16-24(32)28-2/h4,6-7,13-15H,3,5,8-12,16H2,1-2H3,(H,28,32)(H2,29,30,31). The van der Waals surface area contributed by atoms with Crippen LogP contribution in [0.15, 0.2) is 36.4 Å². The van der Waals surface area contributed by atoms with Crippen molar-refractivity contribution in [3.63, 3.8) is 0 Å². The van der Waals surface area contributed by atoms with E-state index in [-0.39, 0.29) is 18.3 Å². The second kappa shape index (κ2) is 12.4. The van der Waals surface area contributed by atoms with Crippen molar-refractivity contribution in [2.75, 3.05) is 52.0 Å². The average molecular weight is 499 g/mol. The van der Waals surface area contributed by atoms with Crippen molar-refractivity contribution < 1.29 is 28.1 Å². The lowest BCUT2D eigenvalue weighted by Crippen LogP contribution is -2.24. The Morgan fingerprint density at radius 1 is 1.08 bits per heavy atom. The summed E-state index contributed by atoms with van der Waals surface area (Å²) < 4.78 is 36.2. The molecule has 1 amide bonds. The summed E-state index contributed by atoms with van der Waals surface area (Å²) in [7, 11) is 1.57. The van der Waals surface area contributed by atoms with Gasteiger partial charge in [0.05, 0.1) is 32.1 Å². The number of carbonyl (C=O) groups excluding carboxylic acids is 1. The van der Waals surface area contributed by atoms with E-state index in [1.54, 1.807) is 19.2 Å². The first kappa shape index (κ1) is 25.5. The minimum Gasteiger partial charge on any atom is -0.490 e. The van der Waals surface area contributed by atoms with Crippen molar-refractivity contribution in [2.24, 2.45) is 0 Å². The first-order valence-corrected chi connectivity index (χ1v) is 12.0. The number of H-pyrrole nitrogens is 1. The molecule has 3 N–H and O–H groups in total. The van der Waals surface area contributed by atoms with Gasteiger partial charge in [0.15, 0.2) is 17.3 Å². The van der Waals surface area contributed by atoms with Gasteiger partial charge in [-0.1, -0.05) is 6.07 Å². The van der Waals surface area contributed by atoms with Crippen molar-refractivity contribution >= 4 is 17.4 Å². The van der Waals surface area contributed by atoms with Crippen molar-refractivity contribution in [3.05, 3.63) is 53.3 Å². The fourth-order valence-corrected chi connectivity index (χ4v) is 3.92. The summed E-state index contributed by atoms with van der Waals surface area (Å²) in [5.74, 6) is 1.55. The lowest BCUT2D eigenvalue weighted by molar-refractivity contribution is -0.125. The molecule has 10 heteroatoms. The molecule has 0 saturated carbocycles. The maximum atomic E-state index is 13.6. The summed E-state index contributed by atoms with van der Waals surface area (Å²) in [6, 6.07) is 10.3. The zero-order valence-electron chi connectivity index (χ0n) is 20.5. The van der Waals surface area contributed by atoms with Gasteiger partial charge in [-0.2, -0.15) is 5.10 Å². The first-order chi connectivity index (χ1) is 17.6. The molecular formula is C26H31FN4O5. The van der Waals surface area contributed by atoms with E-state index in [0.717, 1.165) is 22.4 Å². The first-order valence-electron chi connectivity index (χ1n) is 12.0. The summed E-state index contributed by atoms with van der Waals surface area (Å²) in [5.41, 5.74) is 4.68. The Morgan fingerprint density at radius 3 is 2.72 bits per heavy atom. The predicted molar refractivity (Wildman–Crippen MR) is 133 cm³/mol. The Bertz CT molecular complexity index is 1180. The van der Waals surface area contributed by atoms with Crippen molar-refractivity contribution in [3.8, 4) is 22.8 Å². The Kier molecular flexibility index (Phi) is 8.75. The Hall–Kier alpha value is -3.63. The summed E-state index contributed by atoms with van der Waals surface area (Å²) >= 11 is 0. The largest absolute Gasteiger partial charge is 0.490 e. The lowest BCUT2D eigenvalue weighted by atomic mass is 10.1. The number of aromatic nitrogens is 2. The van der Waals surface area contributed by atoms with Gasteiger partial charge in [0.2, 0.25) is 5.91 Å². The number of benzene rings is 2. The Morgan fingerprint density at radius 2 is 1.92 bits per heavy atom. The quantitative estimate of drug-likeness (QED) is 0.227. The van der Waals surface area contributed by atoms with Crippen LogP contribution < -0.4 is 20.1 Å². The van der Waals surface area contributed by atoms with Crippen LogP contribution >= 0.6 is 0 Å². The summed E-state index contributed by atoms with van der Waals surface area (Å²) in [4.78, 5) is 11.1. The highest BCUT2D eigenvalue weighted by Gasteiger charge is 2.27. The van der Waals surface area contributed by atoms with Crippen LogP contribution in [0.3, 0.4) is 0 Å². The maximum absolute atomic E-state index is 13.6. The van der Waals surface area contributed by atoms with Gasteiger partial charge in [-0.15, -0.1) is 0 Å². The number of likely N-dealkylation sites (N-methyl/N-ethyl adjacent to an activating group) is 1. The second-order valence-corrected chi connectivity index (χ2v) is 8.17. The molecule has 0 radical (unpaired) electrons. The average Bonchev–Trinajstić information content (AvgIpc) is 3.42. The molecule has 0 fully saturated rings. The molecule has 0 unspecified atom stereocenters. The van der Waals surface area contributed by atoms with Gasteiger partial charge in [-0.3, -0.25) is 9.89 Å². The van der Waals surface area contributed by atoms with Crippen molar-refractivity contribution in [2.45, 2.75) is 19.8 Å². The molecule has 36 heavy (non-hydrogen) atoms. The number of halogens is 1. The van der Waals surface area contributed by atoms with E-state index in [4.69, 9.17) is 18.9 Å². The normalized spacial score (nSPS) is 11.6. The molecule has 1 aliphatic carbocycles. The second-order valence-electron chi connectivity index (χ2n) is 8.17. The van der Waals surface area contributed by atoms with Gasteiger partial charge in [-0.05, 0) is 42.8 Å². The van der Waals surface area contributed by atoms with E-state index in [1.807, 2.05) is 19.1 Å². The summed E-state index contributed by atoms with van der Waals surface area (Å²) in [6.07, 6.45) is 1.37. The molecule has 0 aliphatic heterocycles. The van der Waals surface area contributed by atoms with E-state index in [2.05, 4.69) is 20.8 Å². The molecule has 0 atom stereocenters. The highest BCUT2D eigenvalue weighted by atomic mass is 19.1. The number of anilines is 2. The Balaban J connectivity index is 1.34. The number of aromatic amines is 1. The van der Waals surface area contributed by atoms with Gasteiger partial charge in [0.25, 0.3) is 0 Å². The van der Waals surface area contributed by atoms with Crippen LogP contribution in [0.2, 0.25) is 0 Å². The SMILES string of the molecule is CCOc1cc2c(cc1OCCCOCCOCC(=O)NC)-c1[nH]nc(Nc3cccc(F)c3)c1C2. The van der Waals surface area contributed by atoms with Crippen LogP contribution in [0.1, 0.15) is 24.5 Å². The number of nitrogens with one attached hydrogen (secondary N) is 3. The highest BCUT2D eigenvalue weighted by Crippen LogP contribution is 2.44. The molecule has 192 valence electrons. The molecule has 3 aromatic rings. The number of rotatable bonds is 14. The van der Waals surface area contributed by atoms with E-state index >= 15 is 0 Å². The fourth-order valence-electron chi connectivity index (χ4n) is 3.92. The zero-order valence-corrected chi connectivity index (χ0v) is 20.5. The van der Waals surface area contributed by atoms with E-state index < -0.39 is 0 Å². The number of hydrogen-bond donors (Lipinski definition) is 3. The third kappa shape index (κ3) is 6.32. The minimum atomic E-state index is -0.307. The van der Waals surface area contributed by atoms with E-state index in [9.17, 15) is 9.18 Å². The van der Waals surface area contributed by atoms with Crippen LogP contribution in [0.4, 0.5) is 15.9 Å². The highest BCUT2D eigenvalue weighted by molar-refractivity contribution is 5.81. The van der Waals surface area contributed by atoms with Gasteiger partial charge in [0.1, 0.15) is 12.4 Å². The number of amides is 1. The van der Waals surface area contributed by atoms with Gasteiger partial charge >= 0.3 is 0 Å².